The lowest BCUT2D eigenvalue weighted by Crippen LogP contribution is -2.30. The van der Waals surface area contributed by atoms with Crippen LogP contribution in [0.4, 0.5) is 17.6 Å². The number of alkyl halides is 3. The fourth-order valence-electron chi connectivity index (χ4n) is 2.33. The summed E-state index contributed by atoms with van der Waals surface area (Å²) in [4.78, 5) is 13.3. The van der Waals surface area contributed by atoms with Crippen LogP contribution >= 0.6 is 23.5 Å². The molecular formula is C14H15F4NOS2. The topological polar surface area (TPSA) is 20.3 Å². The van der Waals surface area contributed by atoms with Crippen LogP contribution in [0.1, 0.15) is 22.9 Å². The van der Waals surface area contributed by atoms with E-state index in [1.54, 1.807) is 11.8 Å². The van der Waals surface area contributed by atoms with Crippen LogP contribution in [0, 0.1) is 5.82 Å². The maximum absolute atomic E-state index is 13.4. The second-order valence-electron chi connectivity index (χ2n) is 4.83. The molecule has 1 amide bonds. The molecule has 1 aromatic carbocycles. The molecule has 122 valence electrons. The van der Waals surface area contributed by atoms with Crippen molar-refractivity contribution in [1.29, 1.82) is 0 Å². The van der Waals surface area contributed by atoms with E-state index in [0.717, 1.165) is 35.7 Å². The first-order chi connectivity index (χ1) is 10.3. The summed E-state index contributed by atoms with van der Waals surface area (Å²) in [5.74, 6) is 0.00859. The summed E-state index contributed by atoms with van der Waals surface area (Å²) in [5.41, 5.74) is -1.05. The number of hydrogen-bond donors (Lipinski definition) is 0. The molecule has 2 rings (SSSR count). The second-order valence-corrected chi connectivity index (χ2v) is 6.88. The zero-order chi connectivity index (χ0) is 16.3. The third-order valence-corrected chi connectivity index (χ3v) is 5.24. The molecule has 1 fully saturated rings. The third-order valence-electron chi connectivity index (χ3n) is 3.30. The fourth-order valence-corrected chi connectivity index (χ4v) is 3.99. The zero-order valence-corrected chi connectivity index (χ0v) is 13.5. The molecule has 0 saturated carbocycles. The first kappa shape index (κ1) is 17.5. The maximum Gasteiger partial charge on any atom is 0.416 e. The highest BCUT2D eigenvalue weighted by molar-refractivity contribution is 8.00. The highest BCUT2D eigenvalue weighted by atomic mass is 32.2. The number of thioether (sulfide) groups is 2. The van der Waals surface area contributed by atoms with Gasteiger partial charge in [0.1, 0.15) is 11.2 Å². The van der Waals surface area contributed by atoms with E-state index in [4.69, 9.17) is 0 Å². The van der Waals surface area contributed by atoms with Crippen molar-refractivity contribution >= 4 is 29.4 Å². The summed E-state index contributed by atoms with van der Waals surface area (Å²) in [6, 6.07) is 2.43. The Morgan fingerprint density at radius 1 is 1.41 bits per heavy atom. The van der Waals surface area contributed by atoms with Gasteiger partial charge in [0.05, 0.1) is 11.3 Å². The monoisotopic (exact) mass is 353 g/mol. The van der Waals surface area contributed by atoms with Gasteiger partial charge in [-0.25, -0.2) is 4.39 Å². The summed E-state index contributed by atoms with van der Waals surface area (Å²) < 4.78 is 52.8. The van der Waals surface area contributed by atoms with Gasteiger partial charge in [-0.15, -0.1) is 11.8 Å². The number of rotatable bonds is 5. The molecule has 0 bridgehead atoms. The molecule has 8 heteroatoms. The van der Waals surface area contributed by atoms with Crippen LogP contribution in [0.3, 0.4) is 0 Å². The van der Waals surface area contributed by atoms with Crippen molar-refractivity contribution in [2.75, 3.05) is 24.3 Å². The quantitative estimate of drug-likeness (QED) is 0.585. The largest absolute Gasteiger partial charge is 0.416 e. The van der Waals surface area contributed by atoms with Gasteiger partial charge < -0.3 is 4.90 Å². The van der Waals surface area contributed by atoms with Crippen LogP contribution in [0.5, 0.6) is 0 Å². The number of halogens is 4. The van der Waals surface area contributed by atoms with Crippen LogP contribution in [-0.2, 0) is 11.0 Å². The average molecular weight is 353 g/mol. The highest BCUT2D eigenvalue weighted by Gasteiger charge is 2.40. The number of hydrogen-bond acceptors (Lipinski definition) is 3. The number of carbonyl (C=O) groups excluding carboxylic acids is 1. The maximum atomic E-state index is 13.4. The van der Waals surface area contributed by atoms with Crippen molar-refractivity contribution in [2.24, 2.45) is 0 Å². The lowest BCUT2D eigenvalue weighted by molar-refractivity contribution is -0.139. The molecular weight excluding hydrogens is 338 g/mol. The standard InChI is InChI=1S/C14H15F4NOS2/c1-21-6-2-5-19-12(20)8-22-13(19)10-7-9(15)3-4-11(10)14(16,17)18/h3-4,7,13H,2,5-6,8H2,1H3. The van der Waals surface area contributed by atoms with Crippen LogP contribution in [-0.4, -0.2) is 35.1 Å². The summed E-state index contributed by atoms with van der Waals surface area (Å²) in [7, 11) is 0. The smallest absolute Gasteiger partial charge is 0.326 e. The Labute approximate surface area is 134 Å². The van der Waals surface area contributed by atoms with E-state index in [-0.39, 0.29) is 17.2 Å². The van der Waals surface area contributed by atoms with E-state index in [1.165, 1.54) is 4.90 Å². The summed E-state index contributed by atoms with van der Waals surface area (Å²) in [6.07, 6.45) is -1.95. The minimum Gasteiger partial charge on any atom is -0.326 e. The molecule has 0 radical (unpaired) electrons. The van der Waals surface area contributed by atoms with E-state index >= 15 is 0 Å². The van der Waals surface area contributed by atoms with E-state index in [9.17, 15) is 22.4 Å². The lowest BCUT2D eigenvalue weighted by Gasteiger charge is -2.26. The summed E-state index contributed by atoms with van der Waals surface area (Å²) in [6.45, 7) is 0.380. The van der Waals surface area contributed by atoms with Crippen LogP contribution in [0.15, 0.2) is 18.2 Å². The van der Waals surface area contributed by atoms with Crippen molar-refractivity contribution in [3.05, 3.63) is 35.1 Å². The highest BCUT2D eigenvalue weighted by Crippen LogP contribution is 2.44. The molecule has 1 aliphatic heterocycles. The van der Waals surface area contributed by atoms with E-state index in [0.29, 0.717) is 13.0 Å². The van der Waals surface area contributed by atoms with E-state index in [1.807, 2.05) is 6.26 Å². The molecule has 22 heavy (non-hydrogen) atoms. The van der Waals surface area contributed by atoms with Gasteiger partial charge in [-0.3, -0.25) is 4.79 Å². The molecule has 1 aliphatic rings. The lowest BCUT2D eigenvalue weighted by atomic mass is 10.1. The Bertz CT molecular complexity index is 550. The van der Waals surface area contributed by atoms with Gasteiger partial charge in [0.15, 0.2) is 0 Å². The normalized spacial score (nSPS) is 19.0. The van der Waals surface area contributed by atoms with Crippen molar-refractivity contribution in [2.45, 2.75) is 18.0 Å². The number of nitrogens with zero attached hydrogens (tertiary/aromatic N) is 1. The minimum atomic E-state index is -4.57. The number of amides is 1. The first-order valence-electron chi connectivity index (χ1n) is 6.61. The predicted molar refractivity (Wildman–Crippen MR) is 81.3 cm³/mol. The molecule has 0 N–H and O–H groups in total. The minimum absolute atomic E-state index is 0.123. The van der Waals surface area contributed by atoms with Crippen LogP contribution < -0.4 is 0 Å². The molecule has 1 unspecified atom stereocenters. The Balaban J connectivity index is 2.32. The number of carbonyl (C=O) groups is 1. The van der Waals surface area contributed by atoms with Gasteiger partial charge in [0.25, 0.3) is 0 Å². The van der Waals surface area contributed by atoms with Gasteiger partial charge >= 0.3 is 6.18 Å². The molecule has 1 heterocycles. The summed E-state index contributed by atoms with van der Waals surface area (Å²) in [5, 5.41) is -0.776. The molecule has 0 aliphatic carbocycles. The fraction of sp³-hybridized carbons (Fsp3) is 0.500. The molecule has 0 aromatic heterocycles. The Hall–Kier alpha value is -0.890. The van der Waals surface area contributed by atoms with Crippen LogP contribution in [0.25, 0.3) is 0 Å². The average Bonchev–Trinajstić information content (AvgIpc) is 2.79. The first-order valence-corrected chi connectivity index (χ1v) is 9.05. The van der Waals surface area contributed by atoms with E-state index < -0.39 is 22.9 Å². The van der Waals surface area contributed by atoms with Gasteiger partial charge in [-0.2, -0.15) is 24.9 Å². The van der Waals surface area contributed by atoms with Crippen molar-refractivity contribution in [1.82, 2.24) is 4.90 Å². The Morgan fingerprint density at radius 2 is 2.14 bits per heavy atom. The number of benzene rings is 1. The van der Waals surface area contributed by atoms with E-state index in [2.05, 4.69) is 0 Å². The predicted octanol–water partition coefficient (Wildman–Crippen LogP) is 4.17. The summed E-state index contributed by atoms with van der Waals surface area (Å²) >= 11 is 2.72. The van der Waals surface area contributed by atoms with Crippen molar-refractivity contribution in [3.8, 4) is 0 Å². The molecule has 1 saturated heterocycles. The van der Waals surface area contributed by atoms with Crippen molar-refractivity contribution in [3.63, 3.8) is 0 Å². The van der Waals surface area contributed by atoms with Crippen molar-refractivity contribution < 1.29 is 22.4 Å². The molecule has 0 spiro atoms. The van der Waals surface area contributed by atoms with Gasteiger partial charge in [-0.05, 0) is 42.2 Å². The molecule has 1 aromatic rings. The SMILES string of the molecule is CSCCCN1C(=O)CSC1c1cc(F)ccc1C(F)(F)F. The molecule has 2 nitrogen and oxygen atoms in total. The second kappa shape index (κ2) is 7.12. The zero-order valence-electron chi connectivity index (χ0n) is 11.8. The van der Waals surface area contributed by atoms with Gasteiger partial charge in [0, 0.05) is 6.54 Å². The Kier molecular flexibility index (Phi) is 5.65. The Morgan fingerprint density at radius 3 is 2.77 bits per heavy atom. The van der Waals surface area contributed by atoms with Gasteiger partial charge in [-0.1, -0.05) is 0 Å². The van der Waals surface area contributed by atoms with Crippen LogP contribution in [0.2, 0.25) is 0 Å². The van der Waals surface area contributed by atoms with Gasteiger partial charge in [0.2, 0.25) is 5.91 Å². The molecule has 1 atom stereocenters. The third kappa shape index (κ3) is 3.90.